The van der Waals surface area contributed by atoms with Crippen LogP contribution in [0.2, 0.25) is 0 Å². The van der Waals surface area contributed by atoms with Crippen LogP contribution in [0.25, 0.3) is 0 Å². The molecule has 0 aromatic carbocycles. The molecule has 0 unspecified atom stereocenters. The molecule has 0 saturated carbocycles. The largest absolute Gasteiger partial charge is 0.354 e. The van der Waals surface area contributed by atoms with Crippen LogP contribution in [0.5, 0.6) is 0 Å². The Kier molecular flexibility index (Phi) is 7.12. The van der Waals surface area contributed by atoms with E-state index in [-0.39, 0.29) is 11.8 Å². The van der Waals surface area contributed by atoms with E-state index in [0.717, 1.165) is 57.8 Å². The third-order valence-electron chi connectivity index (χ3n) is 6.44. The summed E-state index contributed by atoms with van der Waals surface area (Å²) >= 11 is 0. The van der Waals surface area contributed by atoms with E-state index < -0.39 is 0 Å². The minimum absolute atomic E-state index is 0.117. The van der Waals surface area contributed by atoms with E-state index in [1.165, 1.54) is 18.4 Å². The highest BCUT2D eigenvalue weighted by atomic mass is 16.1. The van der Waals surface area contributed by atoms with Gasteiger partial charge >= 0.3 is 0 Å². The summed E-state index contributed by atoms with van der Waals surface area (Å²) in [7, 11) is 0. The lowest BCUT2D eigenvalue weighted by molar-refractivity contribution is -0.127. The summed E-state index contributed by atoms with van der Waals surface area (Å²) < 4.78 is 1.89. The second-order valence-electron chi connectivity index (χ2n) is 8.71. The van der Waals surface area contributed by atoms with Crippen molar-refractivity contribution in [2.45, 2.75) is 51.7 Å². The van der Waals surface area contributed by atoms with E-state index in [4.69, 9.17) is 0 Å². The molecule has 1 N–H and O–H groups in total. The average molecular weight is 411 g/mol. The van der Waals surface area contributed by atoms with E-state index in [2.05, 4.69) is 31.3 Å². The molecule has 0 radical (unpaired) electrons. The molecule has 7 heteroatoms. The Bertz CT molecular complexity index is 799. The van der Waals surface area contributed by atoms with Crippen molar-refractivity contribution in [1.29, 1.82) is 0 Å². The molecule has 2 aromatic rings. The zero-order valence-corrected chi connectivity index (χ0v) is 18.0. The van der Waals surface area contributed by atoms with Gasteiger partial charge in [0.05, 0.1) is 18.2 Å². The van der Waals surface area contributed by atoms with Crippen LogP contribution in [0.3, 0.4) is 0 Å². The normalized spacial score (nSPS) is 21.6. The van der Waals surface area contributed by atoms with Gasteiger partial charge in [0, 0.05) is 44.3 Å². The number of piperidine rings is 2. The van der Waals surface area contributed by atoms with Crippen LogP contribution in [0.1, 0.15) is 36.9 Å². The van der Waals surface area contributed by atoms with Crippen LogP contribution < -0.4 is 5.32 Å². The van der Waals surface area contributed by atoms with Crippen LogP contribution in [0.15, 0.2) is 36.8 Å². The van der Waals surface area contributed by atoms with Crippen molar-refractivity contribution in [2.75, 3.05) is 32.7 Å². The molecule has 2 aliphatic heterocycles. The summed E-state index contributed by atoms with van der Waals surface area (Å²) in [5.41, 5.74) is 2.30. The van der Waals surface area contributed by atoms with Gasteiger partial charge in [-0.2, -0.15) is 5.10 Å². The highest BCUT2D eigenvalue weighted by molar-refractivity contribution is 5.78. The molecule has 4 rings (SSSR count). The topological polar surface area (TPSA) is 66.3 Å². The molecule has 2 aliphatic rings. The minimum atomic E-state index is 0.117. The van der Waals surface area contributed by atoms with E-state index in [1.807, 2.05) is 42.3 Å². The SMILES string of the molecule is Cc1ccn(CCNC(=O)[C@H]2CCCN(C3CCN(Cc4cccnc4)CC3)C2)n1. The van der Waals surface area contributed by atoms with Gasteiger partial charge in [0.2, 0.25) is 5.91 Å². The Balaban J connectivity index is 1.19. The molecule has 4 heterocycles. The number of amides is 1. The van der Waals surface area contributed by atoms with Crippen molar-refractivity contribution in [3.8, 4) is 0 Å². The highest BCUT2D eigenvalue weighted by Crippen LogP contribution is 2.24. The molecule has 30 heavy (non-hydrogen) atoms. The Hall–Kier alpha value is -2.25. The summed E-state index contributed by atoms with van der Waals surface area (Å²) in [5.74, 6) is 0.323. The number of nitrogens with zero attached hydrogens (tertiary/aromatic N) is 5. The summed E-state index contributed by atoms with van der Waals surface area (Å²) in [5, 5.41) is 7.50. The lowest BCUT2D eigenvalue weighted by atomic mass is 9.93. The van der Waals surface area contributed by atoms with Crippen LogP contribution in [0.4, 0.5) is 0 Å². The summed E-state index contributed by atoms with van der Waals surface area (Å²) in [6.45, 7) is 8.61. The summed E-state index contributed by atoms with van der Waals surface area (Å²) in [4.78, 5) is 22.0. The molecule has 0 spiro atoms. The number of carbonyl (C=O) groups is 1. The molecule has 0 aliphatic carbocycles. The first-order chi connectivity index (χ1) is 14.7. The van der Waals surface area contributed by atoms with Gasteiger partial charge in [-0.05, 0) is 69.9 Å². The van der Waals surface area contributed by atoms with Gasteiger partial charge in [0.15, 0.2) is 0 Å². The Morgan fingerprint density at radius 1 is 1.20 bits per heavy atom. The maximum atomic E-state index is 12.7. The molecule has 2 fully saturated rings. The van der Waals surface area contributed by atoms with Gasteiger partial charge in [-0.3, -0.25) is 24.3 Å². The Morgan fingerprint density at radius 2 is 2.07 bits per heavy atom. The van der Waals surface area contributed by atoms with Gasteiger partial charge in [0.25, 0.3) is 0 Å². The lowest BCUT2D eigenvalue weighted by Crippen LogP contribution is -2.50. The van der Waals surface area contributed by atoms with Gasteiger partial charge in [-0.1, -0.05) is 6.07 Å². The quantitative estimate of drug-likeness (QED) is 0.757. The van der Waals surface area contributed by atoms with Crippen molar-refractivity contribution in [1.82, 2.24) is 29.9 Å². The minimum Gasteiger partial charge on any atom is -0.354 e. The molecule has 7 nitrogen and oxygen atoms in total. The number of aromatic nitrogens is 3. The number of hydrogen-bond donors (Lipinski definition) is 1. The molecule has 0 bridgehead atoms. The van der Waals surface area contributed by atoms with Crippen molar-refractivity contribution in [3.63, 3.8) is 0 Å². The zero-order valence-electron chi connectivity index (χ0n) is 18.0. The maximum absolute atomic E-state index is 12.7. The van der Waals surface area contributed by atoms with Crippen molar-refractivity contribution >= 4 is 5.91 Å². The van der Waals surface area contributed by atoms with E-state index in [1.54, 1.807) is 0 Å². The lowest BCUT2D eigenvalue weighted by Gasteiger charge is -2.42. The van der Waals surface area contributed by atoms with Gasteiger partial charge in [0.1, 0.15) is 0 Å². The van der Waals surface area contributed by atoms with E-state index in [0.29, 0.717) is 12.6 Å². The Labute approximate surface area is 179 Å². The number of aryl methyl sites for hydroxylation is 1. The average Bonchev–Trinajstić information content (AvgIpc) is 3.20. The van der Waals surface area contributed by atoms with E-state index >= 15 is 0 Å². The third-order valence-corrected chi connectivity index (χ3v) is 6.44. The highest BCUT2D eigenvalue weighted by Gasteiger charge is 2.31. The second kappa shape index (κ2) is 10.2. The number of likely N-dealkylation sites (tertiary alicyclic amines) is 2. The van der Waals surface area contributed by atoms with Gasteiger partial charge < -0.3 is 5.32 Å². The number of hydrogen-bond acceptors (Lipinski definition) is 5. The standard InChI is InChI=1S/C23H34N6O/c1-19-6-14-29(26-19)15-10-25-23(30)21-5-3-11-28(18-21)22-7-12-27(13-8-22)17-20-4-2-9-24-16-20/h2,4,6,9,14,16,21-22H,3,5,7-8,10-13,15,17-18H2,1H3,(H,25,30)/t21-/m0/s1. The predicted octanol–water partition coefficient (Wildman–Crippen LogP) is 2.08. The molecular weight excluding hydrogens is 376 g/mol. The van der Waals surface area contributed by atoms with Crippen LogP contribution in [-0.4, -0.2) is 69.2 Å². The van der Waals surface area contributed by atoms with Crippen LogP contribution in [0, 0.1) is 12.8 Å². The van der Waals surface area contributed by atoms with Crippen molar-refractivity contribution in [2.24, 2.45) is 5.92 Å². The molecule has 1 amide bonds. The van der Waals surface area contributed by atoms with Gasteiger partial charge in [-0.15, -0.1) is 0 Å². The molecule has 162 valence electrons. The van der Waals surface area contributed by atoms with Gasteiger partial charge in [-0.25, -0.2) is 0 Å². The first-order valence-corrected chi connectivity index (χ1v) is 11.3. The number of rotatable bonds is 7. The number of pyridine rings is 1. The number of nitrogens with one attached hydrogen (secondary N) is 1. The summed E-state index contributed by atoms with van der Waals surface area (Å²) in [6, 6.07) is 6.76. The van der Waals surface area contributed by atoms with Crippen molar-refractivity contribution < 1.29 is 4.79 Å². The zero-order chi connectivity index (χ0) is 20.8. The molecule has 2 aromatic heterocycles. The maximum Gasteiger partial charge on any atom is 0.224 e. The second-order valence-corrected chi connectivity index (χ2v) is 8.71. The molecule has 1 atom stereocenters. The number of carbonyl (C=O) groups excluding carboxylic acids is 1. The third kappa shape index (κ3) is 5.67. The van der Waals surface area contributed by atoms with Crippen molar-refractivity contribution in [3.05, 3.63) is 48.0 Å². The monoisotopic (exact) mass is 410 g/mol. The molecule has 2 saturated heterocycles. The van der Waals surface area contributed by atoms with E-state index in [9.17, 15) is 4.79 Å². The smallest absolute Gasteiger partial charge is 0.224 e. The van der Waals surface area contributed by atoms with Crippen LogP contribution in [-0.2, 0) is 17.9 Å². The fourth-order valence-electron chi connectivity index (χ4n) is 4.77. The fraction of sp³-hybridized carbons (Fsp3) is 0.609. The summed E-state index contributed by atoms with van der Waals surface area (Å²) in [6.07, 6.45) is 10.3. The first kappa shape index (κ1) is 21.0. The predicted molar refractivity (Wildman–Crippen MR) is 117 cm³/mol. The molecular formula is C23H34N6O. The first-order valence-electron chi connectivity index (χ1n) is 11.3. The fourth-order valence-corrected chi connectivity index (χ4v) is 4.77. The Morgan fingerprint density at radius 3 is 2.80 bits per heavy atom. The van der Waals surface area contributed by atoms with Crippen LogP contribution >= 0.6 is 0 Å².